The molecule has 0 fully saturated rings. The summed E-state index contributed by atoms with van der Waals surface area (Å²) >= 11 is 0. The SMILES string of the molecule is c1cc2c(c(-n3cnc4ccccc43)c1)CCNC2. The number of hydrogen-bond donors (Lipinski definition) is 1. The van der Waals surface area contributed by atoms with E-state index < -0.39 is 0 Å². The van der Waals surface area contributed by atoms with Crippen LogP contribution < -0.4 is 5.32 Å². The molecule has 0 radical (unpaired) electrons. The molecule has 94 valence electrons. The van der Waals surface area contributed by atoms with Crippen molar-refractivity contribution in [2.24, 2.45) is 0 Å². The molecule has 0 spiro atoms. The molecule has 0 unspecified atom stereocenters. The van der Waals surface area contributed by atoms with Crippen molar-refractivity contribution in [1.82, 2.24) is 14.9 Å². The van der Waals surface area contributed by atoms with Gasteiger partial charge in [-0.25, -0.2) is 4.98 Å². The van der Waals surface area contributed by atoms with Gasteiger partial charge in [-0.3, -0.25) is 4.57 Å². The van der Waals surface area contributed by atoms with Gasteiger partial charge in [0.25, 0.3) is 0 Å². The number of fused-ring (bicyclic) bond motifs is 2. The highest BCUT2D eigenvalue weighted by molar-refractivity contribution is 5.77. The summed E-state index contributed by atoms with van der Waals surface area (Å²) in [6, 6.07) is 14.8. The van der Waals surface area contributed by atoms with Gasteiger partial charge in [0.1, 0.15) is 6.33 Å². The van der Waals surface area contributed by atoms with Gasteiger partial charge < -0.3 is 5.32 Å². The van der Waals surface area contributed by atoms with E-state index in [2.05, 4.69) is 51.3 Å². The molecule has 0 atom stereocenters. The molecule has 0 bridgehead atoms. The lowest BCUT2D eigenvalue weighted by atomic mass is 9.99. The Bertz CT molecular complexity index is 743. The van der Waals surface area contributed by atoms with Crippen LogP contribution in [0.4, 0.5) is 0 Å². The number of hydrogen-bond acceptors (Lipinski definition) is 2. The first-order chi connectivity index (χ1) is 9.43. The number of nitrogens with zero attached hydrogens (tertiary/aromatic N) is 2. The van der Waals surface area contributed by atoms with Gasteiger partial charge in [0.2, 0.25) is 0 Å². The molecule has 4 rings (SSSR count). The molecule has 0 amide bonds. The van der Waals surface area contributed by atoms with Gasteiger partial charge >= 0.3 is 0 Å². The van der Waals surface area contributed by atoms with Crippen LogP contribution in [-0.2, 0) is 13.0 Å². The van der Waals surface area contributed by atoms with Crippen LogP contribution in [0.1, 0.15) is 11.1 Å². The quantitative estimate of drug-likeness (QED) is 0.718. The summed E-state index contributed by atoms with van der Waals surface area (Å²) in [7, 11) is 0. The van der Waals surface area contributed by atoms with Gasteiger partial charge in [0, 0.05) is 6.54 Å². The van der Waals surface area contributed by atoms with Crippen molar-refractivity contribution in [3.63, 3.8) is 0 Å². The molecule has 19 heavy (non-hydrogen) atoms. The number of aromatic nitrogens is 2. The van der Waals surface area contributed by atoms with Crippen LogP contribution in [0.2, 0.25) is 0 Å². The summed E-state index contributed by atoms with van der Waals surface area (Å²) in [5, 5.41) is 3.43. The predicted molar refractivity (Wildman–Crippen MR) is 76.5 cm³/mol. The van der Waals surface area contributed by atoms with E-state index in [1.807, 2.05) is 12.4 Å². The van der Waals surface area contributed by atoms with Gasteiger partial charge in [-0.05, 0) is 42.3 Å². The third-order valence-electron chi connectivity index (χ3n) is 3.83. The van der Waals surface area contributed by atoms with Crippen LogP contribution in [0.25, 0.3) is 16.7 Å². The normalized spacial score (nSPS) is 14.5. The highest BCUT2D eigenvalue weighted by atomic mass is 15.1. The van der Waals surface area contributed by atoms with Crippen molar-refractivity contribution in [1.29, 1.82) is 0 Å². The maximum atomic E-state index is 4.49. The first kappa shape index (κ1) is 10.8. The maximum Gasteiger partial charge on any atom is 0.100 e. The molecule has 2 aromatic carbocycles. The van der Waals surface area contributed by atoms with Crippen molar-refractivity contribution in [2.45, 2.75) is 13.0 Å². The van der Waals surface area contributed by atoms with Crippen LogP contribution in [0.3, 0.4) is 0 Å². The second-order valence-corrected chi connectivity index (χ2v) is 4.94. The third kappa shape index (κ3) is 1.66. The zero-order valence-electron chi connectivity index (χ0n) is 10.6. The van der Waals surface area contributed by atoms with Crippen LogP contribution in [0, 0.1) is 0 Å². The van der Waals surface area contributed by atoms with Crippen molar-refractivity contribution in [2.75, 3.05) is 6.54 Å². The Balaban J connectivity index is 1.97. The Kier molecular flexibility index (Phi) is 2.38. The molecule has 2 heterocycles. The molecule has 1 N–H and O–H groups in total. The summed E-state index contributed by atoms with van der Waals surface area (Å²) in [6.07, 6.45) is 3.01. The lowest BCUT2D eigenvalue weighted by Gasteiger charge is -2.20. The largest absolute Gasteiger partial charge is 0.312 e. The van der Waals surface area contributed by atoms with E-state index in [1.165, 1.54) is 22.3 Å². The summed E-state index contributed by atoms with van der Waals surface area (Å²) in [4.78, 5) is 4.49. The number of benzene rings is 2. The fraction of sp³-hybridized carbons (Fsp3) is 0.188. The molecular weight excluding hydrogens is 234 g/mol. The van der Waals surface area contributed by atoms with Crippen molar-refractivity contribution in [3.05, 3.63) is 59.9 Å². The van der Waals surface area contributed by atoms with Crippen molar-refractivity contribution in [3.8, 4) is 5.69 Å². The standard InChI is InChI=1S/C16H15N3/c1-2-6-16-14(5-1)18-11-19(16)15-7-3-4-12-10-17-9-8-13(12)15/h1-7,11,17H,8-10H2. The van der Waals surface area contributed by atoms with Gasteiger partial charge in [-0.15, -0.1) is 0 Å². The predicted octanol–water partition coefficient (Wildman–Crippen LogP) is 2.67. The van der Waals surface area contributed by atoms with Gasteiger partial charge in [0.15, 0.2) is 0 Å². The summed E-state index contributed by atoms with van der Waals surface area (Å²) in [5.74, 6) is 0. The van der Waals surface area contributed by atoms with Gasteiger partial charge in [0.05, 0.1) is 16.7 Å². The Morgan fingerprint density at radius 3 is 3.00 bits per heavy atom. The molecule has 3 heteroatoms. The Hall–Kier alpha value is -2.13. The van der Waals surface area contributed by atoms with E-state index in [-0.39, 0.29) is 0 Å². The molecule has 1 aliphatic heterocycles. The van der Waals surface area contributed by atoms with Gasteiger partial charge in [-0.2, -0.15) is 0 Å². The molecule has 0 saturated carbocycles. The summed E-state index contributed by atoms with van der Waals surface area (Å²) in [6.45, 7) is 2.02. The number of imidazole rings is 1. The average molecular weight is 249 g/mol. The first-order valence-corrected chi connectivity index (χ1v) is 6.67. The molecular formula is C16H15N3. The zero-order valence-corrected chi connectivity index (χ0v) is 10.6. The monoisotopic (exact) mass is 249 g/mol. The molecule has 1 aromatic heterocycles. The van der Waals surface area contributed by atoms with E-state index in [9.17, 15) is 0 Å². The average Bonchev–Trinajstić information content (AvgIpc) is 2.90. The Morgan fingerprint density at radius 1 is 1.05 bits per heavy atom. The molecule has 0 aliphatic carbocycles. The molecule has 3 aromatic rings. The Labute approximate surface area is 111 Å². The maximum absolute atomic E-state index is 4.49. The highest BCUT2D eigenvalue weighted by Crippen LogP contribution is 2.25. The molecule has 0 saturated heterocycles. The van der Waals surface area contributed by atoms with Crippen LogP contribution in [0.5, 0.6) is 0 Å². The van der Waals surface area contributed by atoms with E-state index in [4.69, 9.17) is 0 Å². The second-order valence-electron chi connectivity index (χ2n) is 4.94. The minimum atomic E-state index is 0.968. The minimum Gasteiger partial charge on any atom is -0.312 e. The fourth-order valence-corrected chi connectivity index (χ4v) is 2.89. The number of rotatable bonds is 1. The first-order valence-electron chi connectivity index (χ1n) is 6.67. The van der Waals surface area contributed by atoms with Crippen molar-refractivity contribution >= 4 is 11.0 Å². The lowest BCUT2D eigenvalue weighted by Crippen LogP contribution is -2.24. The van der Waals surface area contributed by atoms with Crippen LogP contribution >= 0.6 is 0 Å². The zero-order chi connectivity index (χ0) is 12.7. The van der Waals surface area contributed by atoms with Crippen LogP contribution in [-0.4, -0.2) is 16.1 Å². The molecule has 1 aliphatic rings. The minimum absolute atomic E-state index is 0.968. The molecule has 3 nitrogen and oxygen atoms in total. The Morgan fingerprint density at radius 2 is 2.00 bits per heavy atom. The van der Waals surface area contributed by atoms with Gasteiger partial charge in [-0.1, -0.05) is 24.3 Å². The van der Waals surface area contributed by atoms with E-state index >= 15 is 0 Å². The fourth-order valence-electron chi connectivity index (χ4n) is 2.89. The summed E-state index contributed by atoms with van der Waals surface area (Å²) < 4.78 is 2.21. The van der Waals surface area contributed by atoms with E-state index in [0.717, 1.165) is 25.0 Å². The second kappa shape index (κ2) is 4.21. The highest BCUT2D eigenvalue weighted by Gasteiger charge is 2.14. The number of nitrogens with one attached hydrogen (secondary N) is 1. The topological polar surface area (TPSA) is 29.9 Å². The lowest BCUT2D eigenvalue weighted by molar-refractivity contribution is 0.641. The van der Waals surface area contributed by atoms with Crippen molar-refractivity contribution < 1.29 is 0 Å². The number of para-hydroxylation sites is 2. The van der Waals surface area contributed by atoms with E-state index in [0.29, 0.717) is 0 Å². The van der Waals surface area contributed by atoms with E-state index in [1.54, 1.807) is 0 Å². The smallest absolute Gasteiger partial charge is 0.100 e. The summed E-state index contributed by atoms with van der Waals surface area (Å²) in [5.41, 5.74) is 6.35. The third-order valence-corrected chi connectivity index (χ3v) is 3.83. The van der Waals surface area contributed by atoms with Crippen LogP contribution in [0.15, 0.2) is 48.8 Å².